The Hall–Kier alpha value is -1.37. The first-order chi connectivity index (χ1) is 11.0. The number of allylic oxidation sites excluding steroid dienone is 2. The predicted octanol–water partition coefficient (Wildman–Crippen LogP) is 6.61. The minimum absolute atomic E-state index is 0.00687. The highest BCUT2D eigenvalue weighted by atomic mass is 16.1. The topological polar surface area (TPSA) is 17.1 Å². The first-order valence-corrected chi connectivity index (χ1v) is 9.24. The Kier molecular flexibility index (Phi) is 8.91. The van der Waals surface area contributed by atoms with Crippen LogP contribution in [0.3, 0.4) is 0 Å². The zero-order valence-electron chi connectivity index (χ0n) is 15.5. The van der Waals surface area contributed by atoms with Crippen molar-refractivity contribution in [1.29, 1.82) is 0 Å². The molecule has 23 heavy (non-hydrogen) atoms. The molecule has 0 saturated heterocycles. The van der Waals surface area contributed by atoms with E-state index in [2.05, 4.69) is 64.1 Å². The molecule has 2 atom stereocenters. The maximum Gasteiger partial charge on any atom is 0.120 e. The van der Waals surface area contributed by atoms with E-state index in [1.807, 2.05) is 0 Å². The van der Waals surface area contributed by atoms with Gasteiger partial charge < -0.3 is 4.79 Å². The molecule has 0 N–H and O–H groups in total. The van der Waals surface area contributed by atoms with Crippen LogP contribution in [0.5, 0.6) is 0 Å². The minimum atomic E-state index is 0.00687. The molecule has 0 fully saturated rings. The summed E-state index contributed by atoms with van der Waals surface area (Å²) in [5, 5.41) is 0. The molecule has 1 nitrogen and oxygen atoms in total. The molecule has 0 unspecified atom stereocenters. The molecule has 0 amide bonds. The van der Waals surface area contributed by atoms with Gasteiger partial charge in [-0.3, -0.25) is 0 Å². The van der Waals surface area contributed by atoms with Gasteiger partial charge in [0.05, 0.1) is 0 Å². The zero-order valence-corrected chi connectivity index (χ0v) is 15.5. The molecule has 1 aromatic rings. The van der Waals surface area contributed by atoms with Crippen molar-refractivity contribution in [2.75, 3.05) is 0 Å². The van der Waals surface area contributed by atoms with Crippen LogP contribution in [-0.4, -0.2) is 6.29 Å². The van der Waals surface area contributed by atoms with E-state index in [9.17, 15) is 4.79 Å². The van der Waals surface area contributed by atoms with Crippen molar-refractivity contribution in [1.82, 2.24) is 0 Å². The lowest BCUT2D eigenvalue weighted by Gasteiger charge is -2.24. The van der Waals surface area contributed by atoms with Crippen molar-refractivity contribution in [2.24, 2.45) is 5.41 Å². The number of aldehydes is 1. The van der Waals surface area contributed by atoms with Crippen LogP contribution in [0.2, 0.25) is 0 Å². The fourth-order valence-corrected chi connectivity index (χ4v) is 2.98. The first-order valence-electron chi connectivity index (χ1n) is 9.24. The van der Waals surface area contributed by atoms with Crippen molar-refractivity contribution < 1.29 is 4.79 Å². The summed E-state index contributed by atoms with van der Waals surface area (Å²) in [7, 11) is 0. The maximum atomic E-state index is 11.1. The van der Waals surface area contributed by atoms with Gasteiger partial charge in [0.15, 0.2) is 0 Å². The molecule has 0 aliphatic carbocycles. The van der Waals surface area contributed by atoms with Crippen LogP contribution in [0, 0.1) is 12.3 Å². The van der Waals surface area contributed by atoms with Gasteiger partial charge in [0.1, 0.15) is 6.29 Å². The van der Waals surface area contributed by atoms with Gasteiger partial charge in [-0.15, -0.1) is 0 Å². The number of aryl methyl sites for hydroxylation is 1. The van der Waals surface area contributed by atoms with Crippen LogP contribution >= 0.6 is 0 Å². The molecule has 0 bridgehead atoms. The number of unbranched alkanes of at least 4 members (excludes halogenated alkanes) is 2. The Morgan fingerprint density at radius 3 is 2.30 bits per heavy atom. The number of carbonyl (C=O) groups is 1. The molecule has 0 saturated carbocycles. The summed E-state index contributed by atoms with van der Waals surface area (Å²) in [5.41, 5.74) is 2.71. The highest BCUT2D eigenvalue weighted by Crippen LogP contribution is 2.32. The Morgan fingerprint density at radius 1 is 1.09 bits per heavy atom. The second kappa shape index (κ2) is 10.4. The molecule has 0 aliphatic rings. The summed E-state index contributed by atoms with van der Waals surface area (Å²) >= 11 is 0. The highest BCUT2D eigenvalue weighted by Gasteiger charge is 2.20. The third-order valence-electron chi connectivity index (χ3n) is 4.76. The molecule has 0 aromatic heterocycles. The summed E-state index contributed by atoms with van der Waals surface area (Å²) in [5.74, 6) is 0.461. The van der Waals surface area contributed by atoms with Gasteiger partial charge in [0.2, 0.25) is 0 Å². The Bertz CT molecular complexity index is 471. The van der Waals surface area contributed by atoms with Gasteiger partial charge in [0.25, 0.3) is 0 Å². The van der Waals surface area contributed by atoms with E-state index in [1.165, 1.54) is 43.2 Å². The standard InChI is InChI=1S/C22H34O/c1-5-7-9-20(21-12-10-19(3)11-13-21)14-16-22(4,17-18-23)15-8-6-2/h10-14,16,18,20H,5-9,15,17H2,1-4H3/b16-14+/t20-,22-/m0/s1. The van der Waals surface area contributed by atoms with Crippen LogP contribution in [0.4, 0.5) is 0 Å². The largest absolute Gasteiger partial charge is 0.303 e. The summed E-state index contributed by atoms with van der Waals surface area (Å²) in [6.07, 6.45) is 13.5. The molecule has 0 spiro atoms. The molecule has 0 heterocycles. The third kappa shape index (κ3) is 7.16. The molecule has 1 aromatic carbocycles. The molecule has 0 aliphatic heterocycles. The van der Waals surface area contributed by atoms with Crippen LogP contribution in [0.15, 0.2) is 36.4 Å². The predicted molar refractivity (Wildman–Crippen MR) is 101 cm³/mol. The average Bonchev–Trinajstić information content (AvgIpc) is 2.54. The minimum Gasteiger partial charge on any atom is -0.303 e. The fraction of sp³-hybridized carbons (Fsp3) is 0.591. The van der Waals surface area contributed by atoms with E-state index in [4.69, 9.17) is 0 Å². The van der Waals surface area contributed by atoms with Crippen molar-refractivity contribution in [3.05, 3.63) is 47.5 Å². The molecular formula is C22H34O. The van der Waals surface area contributed by atoms with E-state index in [1.54, 1.807) is 0 Å². The average molecular weight is 315 g/mol. The van der Waals surface area contributed by atoms with E-state index >= 15 is 0 Å². The molecule has 0 radical (unpaired) electrons. The number of hydrogen-bond donors (Lipinski definition) is 0. The van der Waals surface area contributed by atoms with E-state index in [0.29, 0.717) is 12.3 Å². The summed E-state index contributed by atoms with van der Waals surface area (Å²) < 4.78 is 0. The van der Waals surface area contributed by atoms with Crippen LogP contribution in [0.25, 0.3) is 0 Å². The Labute approximate surface area is 143 Å². The number of hydrogen-bond acceptors (Lipinski definition) is 1. The van der Waals surface area contributed by atoms with E-state index in [0.717, 1.165) is 12.7 Å². The van der Waals surface area contributed by atoms with Gasteiger partial charge in [-0.2, -0.15) is 0 Å². The fourth-order valence-electron chi connectivity index (χ4n) is 2.98. The van der Waals surface area contributed by atoms with Crippen molar-refractivity contribution >= 4 is 6.29 Å². The van der Waals surface area contributed by atoms with Crippen LogP contribution < -0.4 is 0 Å². The van der Waals surface area contributed by atoms with Crippen molar-refractivity contribution in [3.8, 4) is 0 Å². The molecule has 1 heteroatoms. The normalized spacial score (nSPS) is 15.5. The molecule has 128 valence electrons. The quantitative estimate of drug-likeness (QED) is 0.332. The third-order valence-corrected chi connectivity index (χ3v) is 4.76. The van der Waals surface area contributed by atoms with Crippen LogP contribution in [-0.2, 0) is 4.79 Å². The highest BCUT2D eigenvalue weighted by molar-refractivity contribution is 5.51. The Balaban J connectivity index is 2.92. The molecule has 1 rings (SSSR count). The van der Waals surface area contributed by atoms with E-state index < -0.39 is 0 Å². The number of rotatable bonds is 11. The monoisotopic (exact) mass is 314 g/mol. The SMILES string of the molecule is CCCC[C@@H](/C=C/[C@@](C)(CC=O)CCCC)c1ccc(C)cc1. The first kappa shape index (κ1) is 19.7. The van der Waals surface area contributed by atoms with Gasteiger partial charge >= 0.3 is 0 Å². The summed E-state index contributed by atoms with van der Waals surface area (Å²) in [6, 6.07) is 8.90. The lowest BCUT2D eigenvalue weighted by Crippen LogP contribution is -2.14. The lowest BCUT2D eigenvalue weighted by atomic mass is 9.80. The smallest absolute Gasteiger partial charge is 0.120 e. The zero-order chi connectivity index (χ0) is 17.1. The van der Waals surface area contributed by atoms with Gasteiger partial charge in [-0.25, -0.2) is 0 Å². The number of carbonyl (C=O) groups excluding carboxylic acids is 1. The lowest BCUT2D eigenvalue weighted by molar-refractivity contribution is -0.109. The van der Waals surface area contributed by atoms with Crippen LogP contribution in [0.1, 0.15) is 82.8 Å². The number of benzene rings is 1. The second-order valence-electron chi connectivity index (χ2n) is 7.15. The molecular weight excluding hydrogens is 280 g/mol. The summed E-state index contributed by atoms with van der Waals surface area (Å²) in [6.45, 7) is 8.81. The van der Waals surface area contributed by atoms with Gasteiger partial charge in [0, 0.05) is 12.3 Å². The van der Waals surface area contributed by atoms with Gasteiger partial charge in [-0.1, -0.05) is 88.4 Å². The van der Waals surface area contributed by atoms with E-state index in [-0.39, 0.29) is 5.41 Å². The van der Waals surface area contributed by atoms with Gasteiger partial charge in [-0.05, 0) is 30.7 Å². The summed E-state index contributed by atoms with van der Waals surface area (Å²) in [4.78, 5) is 11.1. The van der Waals surface area contributed by atoms with Crippen molar-refractivity contribution in [2.45, 2.75) is 78.6 Å². The second-order valence-corrected chi connectivity index (χ2v) is 7.15. The Morgan fingerprint density at radius 2 is 1.74 bits per heavy atom. The maximum absolute atomic E-state index is 11.1. The van der Waals surface area contributed by atoms with Crippen molar-refractivity contribution in [3.63, 3.8) is 0 Å².